The molecule has 0 saturated carbocycles. The number of aromatic hydroxyl groups is 3. The highest BCUT2D eigenvalue weighted by atomic mass is 79.9. The number of phenols is 3. The standard InChI is InChI=1S/C17H18BrNO5/c1-9(2)24-17(23)12-4-3-11(6-15(12)21)19-8-10-5-16(22)13(18)7-14(10)20/h3-7,9,19-22H,8H2,1-2H3. The SMILES string of the molecule is CC(C)OC(=O)c1ccc(NCc2cc(O)c(Br)cc2O)cc1O. The molecular formula is C17H18BrNO5. The Balaban J connectivity index is 2.10. The minimum Gasteiger partial charge on any atom is -0.508 e. The van der Waals surface area contributed by atoms with Crippen LogP contribution < -0.4 is 5.32 Å². The molecule has 0 aromatic heterocycles. The van der Waals surface area contributed by atoms with Gasteiger partial charge >= 0.3 is 5.97 Å². The van der Waals surface area contributed by atoms with Crippen LogP contribution >= 0.6 is 15.9 Å². The number of ether oxygens (including phenoxy) is 1. The third-order valence-corrected chi connectivity index (χ3v) is 3.83. The second-order valence-corrected chi connectivity index (χ2v) is 6.33. The number of carbonyl (C=O) groups is 1. The summed E-state index contributed by atoms with van der Waals surface area (Å²) >= 11 is 3.12. The fourth-order valence-electron chi connectivity index (χ4n) is 2.03. The van der Waals surface area contributed by atoms with Gasteiger partial charge in [-0.2, -0.15) is 0 Å². The fourth-order valence-corrected chi connectivity index (χ4v) is 2.36. The predicted molar refractivity (Wildman–Crippen MR) is 93.5 cm³/mol. The Morgan fingerprint density at radius 2 is 1.83 bits per heavy atom. The lowest BCUT2D eigenvalue weighted by atomic mass is 10.1. The molecule has 24 heavy (non-hydrogen) atoms. The molecule has 7 heteroatoms. The van der Waals surface area contributed by atoms with Crippen LogP contribution in [0.1, 0.15) is 29.8 Å². The number of phenolic OH excluding ortho intramolecular Hbond substituents is 3. The lowest BCUT2D eigenvalue weighted by Crippen LogP contribution is -2.11. The first kappa shape index (κ1) is 17.9. The Kier molecular flexibility index (Phi) is 5.56. The van der Waals surface area contributed by atoms with Crippen molar-refractivity contribution in [3.05, 3.63) is 45.9 Å². The van der Waals surface area contributed by atoms with Gasteiger partial charge in [0.1, 0.15) is 22.8 Å². The van der Waals surface area contributed by atoms with Crippen molar-refractivity contribution in [1.82, 2.24) is 0 Å². The minimum absolute atomic E-state index is 0.0132. The van der Waals surface area contributed by atoms with E-state index in [-0.39, 0.29) is 35.5 Å². The summed E-state index contributed by atoms with van der Waals surface area (Å²) in [6.07, 6.45) is -0.275. The van der Waals surface area contributed by atoms with Crippen LogP contribution in [0.2, 0.25) is 0 Å². The lowest BCUT2D eigenvalue weighted by molar-refractivity contribution is 0.0375. The Morgan fingerprint density at radius 1 is 1.12 bits per heavy atom. The molecule has 2 rings (SSSR count). The van der Waals surface area contributed by atoms with Crippen LogP contribution in [0, 0.1) is 0 Å². The predicted octanol–water partition coefficient (Wildman–Crippen LogP) is 3.74. The van der Waals surface area contributed by atoms with Crippen LogP contribution in [0.4, 0.5) is 5.69 Å². The Labute approximate surface area is 147 Å². The molecule has 0 aliphatic heterocycles. The van der Waals surface area contributed by atoms with Gasteiger partial charge in [0, 0.05) is 23.9 Å². The van der Waals surface area contributed by atoms with Crippen LogP contribution in [0.5, 0.6) is 17.2 Å². The van der Waals surface area contributed by atoms with Crippen molar-refractivity contribution < 1.29 is 24.9 Å². The molecule has 0 atom stereocenters. The molecule has 0 heterocycles. The zero-order valence-electron chi connectivity index (χ0n) is 13.2. The molecule has 2 aromatic rings. The summed E-state index contributed by atoms with van der Waals surface area (Å²) in [5.41, 5.74) is 1.12. The minimum atomic E-state index is -0.593. The maximum atomic E-state index is 11.8. The summed E-state index contributed by atoms with van der Waals surface area (Å²) in [7, 11) is 0. The van der Waals surface area contributed by atoms with Gasteiger partial charge in [-0.25, -0.2) is 4.79 Å². The second kappa shape index (κ2) is 7.44. The van der Waals surface area contributed by atoms with Gasteiger partial charge in [0.05, 0.1) is 10.6 Å². The quantitative estimate of drug-likeness (QED) is 0.454. The summed E-state index contributed by atoms with van der Waals surface area (Å²) in [5.74, 6) is -0.759. The summed E-state index contributed by atoms with van der Waals surface area (Å²) in [4.78, 5) is 11.8. The second-order valence-electron chi connectivity index (χ2n) is 5.47. The monoisotopic (exact) mass is 395 g/mol. The van der Waals surface area contributed by atoms with Gasteiger partial charge in [-0.05, 0) is 54.0 Å². The number of benzene rings is 2. The first-order chi connectivity index (χ1) is 11.3. The van der Waals surface area contributed by atoms with E-state index in [1.165, 1.54) is 24.3 Å². The van der Waals surface area contributed by atoms with E-state index in [1.807, 2.05) is 0 Å². The van der Waals surface area contributed by atoms with Gasteiger partial charge in [0.2, 0.25) is 0 Å². The van der Waals surface area contributed by atoms with Crippen LogP contribution in [0.15, 0.2) is 34.8 Å². The van der Waals surface area contributed by atoms with Gasteiger partial charge in [0.25, 0.3) is 0 Å². The van der Waals surface area contributed by atoms with Crippen molar-refractivity contribution in [2.45, 2.75) is 26.5 Å². The van der Waals surface area contributed by atoms with Crippen molar-refractivity contribution in [1.29, 1.82) is 0 Å². The summed E-state index contributed by atoms with van der Waals surface area (Å²) in [6.45, 7) is 3.68. The van der Waals surface area contributed by atoms with Gasteiger partial charge in [0.15, 0.2) is 0 Å². The molecule has 0 aliphatic carbocycles. The van der Waals surface area contributed by atoms with E-state index in [0.29, 0.717) is 15.7 Å². The Hall–Kier alpha value is -2.41. The average Bonchev–Trinajstić information content (AvgIpc) is 2.48. The average molecular weight is 396 g/mol. The molecule has 0 fully saturated rings. The summed E-state index contributed by atoms with van der Waals surface area (Å²) in [5, 5.41) is 32.5. The largest absolute Gasteiger partial charge is 0.508 e. The van der Waals surface area contributed by atoms with E-state index in [0.717, 1.165) is 0 Å². The molecule has 0 saturated heterocycles. The highest BCUT2D eigenvalue weighted by Gasteiger charge is 2.14. The number of hydrogen-bond acceptors (Lipinski definition) is 6. The maximum Gasteiger partial charge on any atom is 0.342 e. The first-order valence-electron chi connectivity index (χ1n) is 7.26. The first-order valence-corrected chi connectivity index (χ1v) is 8.05. The lowest BCUT2D eigenvalue weighted by Gasteiger charge is -2.12. The molecule has 0 amide bonds. The van der Waals surface area contributed by atoms with E-state index in [2.05, 4.69) is 21.2 Å². The zero-order valence-corrected chi connectivity index (χ0v) is 14.8. The third kappa shape index (κ3) is 4.32. The molecule has 6 nitrogen and oxygen atoms in total. The van der Waals surface area contributed by atoms with Crippen molar-refractivity contribution in [3.8, 4) is 17.2 Å². The number of hydrogen-bond donors (Lipinski definition) is 4. The number of anilines is 1. The number of carbonyl (C=O) groups excluding carboxylic acids is 1. The summed E-state index contributed by atoms with van der Waals surface area (Å²) < 4.78 is 5.44. The van der Waals surface area contributed by atoms with Crippen molar-refractivity contribution >= 4 is 27.6 Å². The van der Waals surface area contributed by atoms with Crippen LogP contribution in [-0.2, 0) is 11.3 Å². The summed E-state index contributed by atoms with van der Waals surface area (Å²) in [6, 6.07) is 7.30. The van der Waals surface area contributed by atoms with E-state index < -0.39 is 5.97 Å². The smallest absolute Gasteiger partial charge is 0.342 e. The molecule has 0 aliphatic rings. The maximum absolute atomic E-state index is 11.8. The topological polar surface area (TPSA) is 99.0 Å². The van der Waals surface area contributed by atoms with Gasteiger partial charge in [-0.1, -0.05) is 0 Å². The number of nitrogens with one attached hydrogen (secondary N) is 1. The molecular weight excluding hydrogens is 378 g/mol. The number of halogens is 1. The van der Waals surface area contributed by atoms with E-state index in [1.54, 1.807) is 19.9 Å². The number of esters is 1. The normalized spacial score (nSPS) is 10.7. The zero-order chi connectivity index (χ0) is 17.9. The van der Waals surface area contributed by atoms with Crippen LogP contribution in [0.3, 0.4) is 0 Å². The van der Waals surface area contributed by atoms with Crippen LogP contribution in [-0.4, -0.2) is 27.4 Å². The molecule has 0 spiro atoms. The fraction of sp³-hybridized carbons (Fsp3) is 0.235. The third-order valence-electron chi connectivity index (χ3n) is 3.19. The van der Waals surface area contributed by atoms with Gasteiger partial charge < -0.3 is 25.4 Å². The van der Waals surface area contributed by atoms with E-state index in [4.69, 9.17) is 4.74 Å². The van der Waals surface area contributed by atoms with Crippen molar-refractivity contribution in [2.24, 2.45) is 0 Å². The molecule has 0 unspecified atom stereocenters. The van der Waals surface area contributed by atoms with Crippen LogP contribution in [0.25, 0.3) is 0 Å². The molecule has 128 valence electrons. The van der Waals surface area contributed by atoms with Gasteiger partial charge in [-0.15, -0.1) is 0 Å². The Bertz CT molecular complexity index is 761. The molecule has 0 radical (unpaired) electrons. The van der Waals surface area contributed by atoms with Crippen molar-refractivity contribution in [3.63, 3.8) is 0 Å². The van der Waals surface area contributed by atoms with Gasteiger partial charge in [-0.3, -0.25) is 0 Å². The molecule has 0 bridgehead atoms. The number of rotatable bonds is 5. The van der Waals surface area contributed by atoms with E-state index in [9.17, 15) is 20.1 Å². The van der Waals surface area contributed by atoms with E-state index >= 15 is 0 Å². The van der Waals surface area contributed by atoms with Crippen molar-refractivity contribution in [2.75, 3.05) is 5.32 Å². The highest BCUT2D eigenvalue weighted by molar-refractivity contribution is 9.10. The highest BCUT2D eigenvalue weighted by Crippen LogP contribution is 2.32. The Morgan fingerprint density at radius 3 is 2.46 bits per heavy atom. The molecule has 4 N–H and O–H groups in total. The molecule has 2 aromatic carbocycles.